The summed E-state index contributed by atoms with van der Waals surface area (Å²) < 4.78 is 0. The third kappa shape index (κ3) is 3.41. The van der Waals surface area contributed by atoms with Crippen molar-refractivity contribution in [1.29, 1.82) is 0 Å². The van der Waals surface area contributed by atoms with E-state index in [1.165, 1.54) is 18.2 Å². The maximum Gasteiger partial charge on any atom is 0.488 e. The second-order valence-corrected chi connectivity index (χ2v) is 1.97. The lowest BCUT2D eigenvalue weighted by molar-refractivity contribution is 0.424. The van der Waals surface area contributed by atoms with Crippen LogP contribution in [0.1, 0.15) is 13.8 Å². The molecule has 0 unspecified atom stereocenters. The second-order valence-electron chi connectivity index (χ2n) is 1.97. The summed E-state index contributed by atoms with van der Waals surface area (Å²) in [6, 6.07) is 5.82. The van der Waals surface area contributed by atoms with Gasteiger partial charge in [-0.3, -0.25) is 0 Å². The van der Waals surface area contributed by atoms with Gasteiger partial charge in [-0.2, -0.15) is 0 Å². The molecule has 0 bridgehead atoms. The van der Waals surface area contributed by atoms with Gasteiger partial charge >= 0.3 is 7.12 Å². The molecule has 1 rings (SSSR count). The molecule has 0 fully saturated rings. The number of hydrogen-bond acceptors (Lipinski definition) is 3. The zero-order chi connectivity index (χ0) is 9.56. The van der Waals surface area contributed by atoms with Gasteiger partial charge in [0.2, 0.25) is 0 Å². The Bertz CT molecular complexity index is 225. The minimum Gasteiger partial charge on any atom is -0.508 e. The van der Waals surface area contributed by atoms with E-state index in [1.807, 2.05) is 13.8 Å². The van der Waals surface area contributed by atoms with Crippen molar-refractivity contribution in [3.63, 3.8) is 0 Å². The number of aromatic hydroxyl groups is 1. The van der Waals surface area contributed by atoms with Crippen LogP contribution < -0.4 is 5.46 Å². The third-order valence-corrected chi connectivity index (χ3v) is 1.17. The number of rotatable bonds is 1. The number of phenolic OH excluding ortho intramolecular Hbond substituents is 1. The minimum absolute atomic E-state index is 0.0330. The molecule has 0 amide bonds. The van der Waals surface area contributed by atoms with Crippen molar-refractivity contribution in [1.82, 2.24) is 0 Å². The van der Waals surface area contributed by atoms with Crippen molar-refractivity contribution in [2.45, 2.75) is 13.8 Å². The van der Waals surface area contributed by atoms with Crippen LogP contribution in [-0.4, -0.2) is 22.3 Å². The van der Waals surface area contributed by atoms with Crippen molar-refractivity contribution >= 4 is 12.6 Å². The molecule has 4 heteroatoms. The SMILES string of the molecule is CC.OB(O)c1cccc(O)c1. The molecule has 3 nitrogen and oxygen atoms in total. The largest absolute Gasteiger partial charge is 0.508 e. The average molecular weight is 168 g/mol. The van der Waals surface area contributed by atoms with Crippen molar-refractivity contribution in [2.24, 2.45) is 0 Å². The van der Waals surface area contributed by atoms with Gasteiger partial charge in [0, 0.05) is 0 Å². The van der Waals surface area contributed by atoms with Crippen LogP contribution in [0.5, 0.6) is 5.75 Å². The molecule has 0 aliphatic heterocycles. The van der Waals surface area contributed by atoms with Crippen LogP contribution >= 0.6 is 0 Å². The Hall–Kier alpha value is -0.995. The molecule has 0 heterocycles. The van der Waals surface area contributed by atoms with Gasteiger partial charge in [-0.25, -0.2) is 0 Å². The van der Waals surface area contributed by atoms with E-state index in [0.29, 0.717) is 5.46 Å². The van der Waals surface area contributed by atoms with Crippen molar-refractivity contribution in [3.05, 3.63) is 24.3 Å². The molecule has 0 spiro atoms. The highest BCUT2D eigenvalue weighted by molar-refractivity contribution is 6.58. The molecule has 0 radical (unpaired) electrons. The lowest BCUT2D eigenvalue weighted by atomic mass is 9.80. The first-order valence-electron chi connectivity index (χ1n) is 3.85. The lowest BCUT2D eigenvalue weighted by Gasteiger charge is -1.97. The standard InChI is InChI=1S/C6H7BO3.C2H6/c8-6-3-1-2-5(4-6)7(9)10;1-2/h1-4,8-10H;1-2H3. The predicted molar refractivity (Wildman–Crippen MR) is 49.3 cm³/mol. The molecule has 1 aromatic rings. The van der Waals surface area contributed by atoms with E-state index in [0.717, 1.165) is 0 Å². The number of phenols is 1. The molecule has 3 N–H and O–H groups in total. The molecule has 12 heavy (non-hydrogen) atoms. The van der Waals surface area contributed by atoms with Gasteiger partial charge in [0.1, 0.15) is 5.75 Å². The van der Waals surface area contributed by atoms with E-state index in [9.17, 15) is 0 Å². The summed E-state index contributed by atoms with van der Waals surface area (Å²) >= 11 is 0. The Kier molecular flexibility index (Phi) is 5.16. The molecule has 0 saturated carbocycles. The highest BCUT2D eigenvalue weighted by atomic mass is 16.4. The highest BCUT2D eigenvalue weighted by Crippen LogP contribution is 2.02. The molecular formula is C8H13BO3. The maximum absolute atomic E-state index is 8.84. The van der Waals surface area contributed by atoms with Gasteiger partial charge in [0.15, 0.2) is 0 Å². The van der Waals surface area contributed by atoms with E-state index in [1.54, 1.807) is 6.07 Å². The predicted octanol–water partition coefficient (Wildman–Crippen LogP) is 0.0982. The molecule has 0 aliphatic rings. The Morgan fingerprint density at radius 1 is 1.17 bits per heavy atom. The number of benzene rings is 1. The van der Waals surface area contributed by atoms with Gasteiger partial charge < -0.3 is 15.2 Å². The van der Waals surface area contributed by atoms with Gasteiger partial charge in [-0.1, -0.05) is 26.0 Å². The van der Waals surface area contributed by atoms with Gasteiger partial charge in [-0.15, -0.1) is 0 Å². The quantitative estimate of drug-likeness (QED) is 0.521. The molecule has 0 aromatic heterocycles. The van der Waals surface area contributed by atoms with Gasteiger partial charge in [0.05, 0.1) is 0 Å². The molecule has 0 aliphatic carbocycles. The fraction of sp³-hybridized carbons (Fsp3) is 0.250. The summed E-state index contributed by atoms with van der Waals surface area (Å²) in [5.74, 6) is 0.0330. The minimum atomic E-state index is -1.51. The monoisotopic (exact) mass is 168 g/mol. The first-order valence-corrected chi connectivity index (χ1v) is 3.85. The summed E-state index contributed by atoms with van der Waals surface area (Å²) in [7, 11) is -1.51. The van der Waals surface area contributed by atoms with Crippen LogP contribution in [0.25, 0.3) is 0 Å². The fourth-order valence-electron chi connectivity index (χ4n) is 0.685. The van der Waals surface area contributed by atoms with Gasteiger partial charge in [-0.05, 0) is 17.6 Å². The summed E-state index contributed by atoms with van der Waals surface area (Å²) in [5.41, 5.74) is 0.292. The highest BCUT2D eigenvalue weighted by Gasteiger charge is 2.09. The molecular weight excluding hydrogens is 155 g/mol. The van der Waals surface area contributed by atoms with Crippen molar-refractivity contribution in [3.8, 4) is 5.75 Å². The Morgan fingerprint density at radius 2 is 1.75 bits per heavy atom. The summed E-state index contributed by atoms with van der Waals surface area (Å²) in [4.78, 5) is 0. The summed E-state index contributed by atoms with van der Waals surface area (Å²) in [6.07, 6.45) is 0. The van der Waals surface area contributed by atoms with Crippen LogP contribution in [0.15, 0.2) is 24.3 Å². The topological polar surface area (TPSA) is 60.7 Å². The van der Waals surface area contributed by atoms with E-state index < -0.39 is 7.12 Å². The molecule has 66 valence electrons. The van der Waals surface area contributed by atoms with E-state index in [-0.39, 0.29) is 5.75 Å². The summed E-state index contributed by atoms with van der Waals surface area (Å²) in [6.45, 7) is 4.00. The first kappa shape index (κ1) is 11.0. The first-order chi connectivity index (χ1) is 5.70. The normalized spacial score (nSPS) is 8.33. The average Bonchev–Trinajstić information content (AvgIpc) is 2.08. The Labute approximate surface area is 72.4 Å². The fourth-order valence-corrected chi connectivity index (χ4v) is 0.685. The zero-order valence-electron chi connectivity index (χ0n) is 7.23. The van der Waals surface area contributed by atoms with Crippen LogP contribution in [0.3, 0.4) is 0 Å². The summed E-state index contributed by atoms with van der Waals surface area (Å²) in [5, 5.41) is 26.0. The molecule has 0 atom stereocenters. The Morgan fingerprint density at radius 3 is 2.08 bits per heavy atom. The van der Waals surface area contributed by atoms with Crippen LogP contribution in [-0.2, 0) is 0 Å². The van der Waals surface area contributed by atoms with Crippen molar-refractivity contribution < 1.29 is 15.2 Å². The smallest absolute Gasteiger partial charge is 0.488 e. The second kappa shape index (κ2) is 5.63. The number of hydrogen-bond donors (Lipinski definition) is 3. The van der Waals surface area contributed by atoms with Crippen LogP contribution in [0.2, 0.25) is 0 Å². The van der Waals surface area contributed by atoms with E-state index in [2.05, 4.69) is 0 Å². The zero-order valence-corrected chi connectivity index (χ0v) is 7.23. The van der Waals surface area contributed by atoms with Crippen molar-refractivity contribution in [2.75, 3.05) is 0 Å². The van der Waals surface area contributed by atoms with E-state index >= 15 is 0 Å². The van der Waals surface area contributed by atoms with Gasteiger partial charge in [0.25, 0.3) is 0 Å². The lowest BCUT2D eigenvalue weighted by Crippen LogP contribution is -2.29. The maximum atomic E-state index is 8.84. The third-order valence-electron chi connectivity index (χ3n) is 1.17. The van der Waals surface area contributed by atoms with E-state index in [4.69, 9.17) is 15.2 Å². The molecule has 1 aromatic carbocycles. The molecule has 0 saturated heterocycles. The van der Waals surface area contributed by atoms with Crippen LogP contribution in [0, 0.1) is 0 Å². The van der Waals surface area contributed by atoms with Crippen LogP contribution in [0.4, 0.5) is 0 Å². The Balaban J connectivity index is 0.000000561.